The summed E-state index contributed by atoms with van der Waals surface area (Å²) in [4.78, 5) is 2.47. The van der Waals surface area contributed by atoms with E-state index in [4.69, 9.17) is 0 Å². The first-order valence-electron chi connectivity index (χ1n) is 24.7. The molecule has 0 heterocycles. The predicted molar refractivity (Wildman–Crippen MR) is 272 cm³/mol. The van der Waals surface area contributed by atoms with Crippen molar-refractivity contribution < 1.29 is 0 Å². The number of rotatable bonds is 15. The molecule has 1 nitrogen and oxygen atoms in total. The minimum Gasteiger partial charge on any atom is -0.310 e. The second kappa shape index (κ2) is 20.7. The van der Waals surface area contributed by atoms with Crippen LogP contribution in [0.2, 0.25) is 0 Å². The summed E-state index contributed by atoms with van der Waals surface area (Å²) in [6, 6.07) is 62.9. The Morgan fingerprint density at radius 2 is 0.841 bits per heavy atom. The maximum atomic E-state index is 2.49. The summed E-state index contributed by atoms with van der Waals surface area (Å²) < 4.78 is 0. The van der Waals surface area contributed by atoms with Crippen molar-refractivity contribution in [3.05, 3.63) is 186 Å². The van der Waals surface area contributed by atoms with Crippen molar-refractivity contribution in [1.29, 1.82) is 0 Å². The Morgan fingerprint density at radius 3 is 1.43 bits per heavy atom. The van der Waals surface area contributed by atoms with Crippen LogP contribution in [0.25, 0.3) is 44.5 Å². The Labute approximate surface area is 379 Å². The fraction of sp³-hybridized carbons (Fsp3) is 0.323. The molecule has 0 aromatic heterocycles. The van der Waals surface area contributed by atoms with Gasteiger partial charge in [0.05, 0.1) is 0 Å². The lowest BCUT2D eigenvalue weighted by molar-refractivity contribution is 0.443. The Hall–Kier alpha value is -5.66. The van der Waals surface area contributed by atoms with Crippen LogP contribution in [0, 0.1) is 0 Å². The molecular weight excluding hydrogens is 759 g/mol. The van der Waals surface area contributed by atoms with Crippen LogP contribution in [0.5, 0.6) is 0 Å². The smallest absolute Gasteiger partial charge is 0.0464 e. The number of hydrogen-bond acceptors (Lipinski definition) is 1. The van der Waals surface area contributed by atoms with Crippen LogP contribution in [-0.2, 0) is 12.8 Å². The summed E-state index contributed by atoms with van der Waals surface area (Å²) in [7, 11) is 0. The molecule has 0 amide bonds. The number of aryl methyl sites for hydroxylation is 2. The molecule has 0 bridgehead atoms. The zero-order chi connectivity index (χ0) is 42.8. The van der Waals surface area contributed by atoms with Crippen molar-refractivity contribution in [3.8, 4) is 44.5 Å². The molecule has 7 aromatic rings. The lowest BCUT2D eigenvalue weighted by atomic mass is 9.83. The van der Waals surface area contributed by atoms with Gasteiger partial charge in [0.25, 0.3) is 0 Å². The molecule has 7 aromatic carbocycles. The van der Waals surface area contributed by atoms with E-state index in [1.807, 2.05) is 0 Å². The molecule has 2 saturated carbocycles. The quantitative estimate of drug-likeness (QED) is 0.0995. The van der Waals surface area contributed by atoms with Crippen LogP contribution in [0.4, 0.5) is 17.1 Å². The van der Waals surface area contributed by atoms with Crippen molar-refractivity contribution >= 4 is 17.1 Å². The van der Waals surface area contributed by atoms with Gasteiger partial charge >= 0.3 is 0 Å². The van der Waals surface area contributed by atoms with Crippen molar-refractivity contribution in [2.45, 2.75) is 128 Å². The fourth-order valence-electron chi connectivity index (χ4n) is 10.6. The van der Waals surface area contributed by atoms with Gasteiger partial charge in [0, 0.05) is 17.1 Å². The zero-order valence-corrected chi connectivity index (χ0v) is 38.0. The van der Waals surface area contributed by atoms with Crippen LogP contribution in [0.3, 0.4) is 0 Å². The van der Waals surface area contributed by atoms with Crippen molar-refractivity contribution in [3.63, 3.8) is 0 Å². The van der Waals surface area contributed by atoms with E-state index in [0.717, 1.165) is 24.4 Å². The van der Waals surface area contributed by atoms with Gasteiger partial charge in [-0.15, -0.1) is 0 Å². The van der Waals surface area contributed by atoms with Crippen molar-refractivity contribution in [1.82, 2.24) is 0 Å². The van der Waals surface area contributed by atoms with Gasteiger partial charge in [-0.1, -0.05) is 187 Å². The maximum Gasteiger partial charge on any atom is 0.0464 e. The summed E-state index contributed by atoms with van der Waals surface area (Å²) >= 11 is 0. The molecule has 0 N–H and O–H groups in total. The van der Waals surface area contributed by atoms with Gasteiger partial charge in [-0.25, -0.2) is 0 Å². The molecule has 2 aliphatic rings. The van der Waals surface area contributed by atoms with Gasteiger partial charge < -0.3 is 4.90 Å². The monoisotopic (exact) mass is 826 g/mol. The summed E-state index contributed by atoms with van der Waals surface area (Å²) in [5.41, 5.74) is 19.8. The topological polar surface area (TPSA) is 3.24 Å². The third-order valence-electron chi connectivity index (χ3n) is 14.3. The SMILES string of the molecule is CCCCc1ccccc1-c1ccc(N(c2ccc(-c3cccc(-c4ccc(C5CCCCC5)cc4)c3)cc2)c2ccc(-c3cccc(C4CCCCC4)c3)cc2)cc1CCCC. The molecule has 2 fully saturated rings. The van der Waals surface area contributed by atoms with Gasteiger partial charge in [0.1, 0.15) is 0 Å². The number of benzene rings is 7. The second-order valence-electron chi connectivity index (χ2n) is 18.6. The summed E-state index contributed by atoms with van der Waals surface area (Å²) in [6.45, 7) is 4.60. The molecule has 1 heteroatoms. The van der Waals surface area contributed by atoms with E-state index in [9.17, 15) is 0 Å². The summed E-state index contributed by atoms with van der Waals surface area (Å²) in [6.07, 6.45) is 20.5. The summed E-state index contributed by atoms with van der Waals surface area (Å²) in [5.74, 6) is 1.42. The largest absolute Gasteiger partial charge is 0.310 e. The van der Waals surface area contributed by atoms with Gasteiger partial charge in [-0.3, -0.25) is 0 Å². The molecule has 0 aliphatic heterocycles. The van der Waals surface area contributed by atoms with E-state index in [0.29, 0.717) is 5.92 Å². The van der Waals surface area contributed by atoms with Crippen LogP contribution in [0.15, 0.2) is 164 Å². The highest BCUT2D eigenvalue weighted by Gasteiger charge is 2.20. The molecule has 0 unspecified atom stereocenters. The molecule has 9 rings (SSSR count). The van der Waals surface area contributed by atoms with E-state index < -0.39 is 0 Å². The first-order chi connectivity index (χ1) is 31.1. The second-order valence-corrected chi connectivity index (χ2v) is 18.6. The average Bonchev–Trinajstić information content (AvgIpc) is 3.36. The van der Waals surface area contributed by atoms with Crippen molar-refractivity contribution in [2.24, 2.45) is 0 Å². The van der Waals surface area contributed by atoms with Gasteiger partial charge in [-0.2, -0.15) is 0 Å². The third-order valence-corrected chi connectivity index (χ3v) is 14.3. The molecule has 63 heavy (non-hydrogen) atoms. The van der Waals surface area contributed by atoms with Crippen LogP contribution in [-0.4, -0.2) is 0 Å². The minimum atomic E-state index is 0.694. The number of unbranched alkanes of at least 4 members (excludes halogenated alkanes) is 2. The normalized spacial score (nSPS) is 14.8. The van der Waals surface area contributed by atoms with Crippen LogP contribution in [0.1, 0.15) is 138 Å². The molecule has 320 valence electrons. The lowest BCUT2D eigenvalue weighted by Gasteiger charge is -2.27. The molecule has 0 saturated heterocycles. The van der Waals surface area contributed by atoms with Gasteiger partial charge in [0.2, 0.25) is 0 Å². The Morgan fingerprint density at radius 1 is 0.365 bits per heavy atom. The molecular formula is C62H67N. The number of nitrogens with zero attached hydrogens (tertiary/aromatic N) is 1. The van der Waals surface area contributed by atoms with Gasteiger partial charge in [0.15, 0.2) is 0 Å². The van der Waals surface area contributed by atoms with E-state index in [2.05, 4.69) is 183 Å². The fourth-order valence-corrected chi connectivity index (χ4v) is 10.6. The standard InChI is InChI=1S/C62H67N/c1-3-5-17-52-23-13-14-28-61(52)62-42-41-60(45-57(62)18-6-4-2)63(58-37-33-50(34-38-58)55-26-15-24-53(43-55)47-21-11-8-12-22-47)59-39-35-51(36-40-59)56-27-16-25-54(44-56)49-31-29-48(30-32-49)46-19-9-7-10-20-46/h13-16,23-47H,3-12,17-22H2,1-2H3. The van der Waals surface area contributed by atoms with E-state index in [-0.39, 0.29) is 0 Å². The van der Waals surface area contributed by atoms with E-state index >= 15 is 0 Å². The molecule has 0 radical (unpaired) electrons. The Balaban J connectivity index is 1.06. The average molecular weight is 826 g/mol. The van der Waals surface area contributed by atoms with E-state index in [1.165, 1.54) is 168 Å². The first-order valence-corrected chi connectivity index (χ1v) is 24.7. The third kappa shape index (κ3) is 10.1. The molecule has 0 atom stereocenters. The van der Waals surface area contributed by atoms with Crippen molar-refractivity contribution in [2.75, 3.05) is 4.90 Å². The zero-order valence-electron chi connectivity index (χ0n) is 38.0. The predicted octanol–water partition coefficient (Wildman–Crippen LogP) is 18.6. The van der Waals surface area contributed by atoms with Crippen LogP contribution >= 0.6 is 0 Å². The molecule has 2 aliphatic carbocycles. The highest BCUT2D eigenvalue weighted by atomic mass is 15.1. The summed E-state index contributed by atoms with van der Waals surface area (Å²) in [5, 5.41) is 0. The van der Waals surface area contributed by atoms with Crippen LogP contribution < -0.4 is 4.90 Å². The van der Waals surface area contributed by atoms with E-state index in [1.54, 1.807) is 0 Å². The maximum absolute atomic E-state index is 2.49. The molecule has 0 spiro atoms. The lowest BCUT2D eigenvalue weighted by Crippen LogP contribution is -2.11. The highest BCUT2D eigenvalue weighted by Crippen LogP contribution is 2.41. The first kappa shape index (κ1) is 42.6. The minimum absolute atomic E-state index is 0.694. The number of hydrogen-bond donors (Lipinski definition) is 0. The highest BCUT2D eigenvalue weighted by molar-refractivity contribution is 5.83. The number of anilines is 3. The Bertz CT molecular complexity index is 2530. The Kier molecular flexibility index (Phi) is 14.0. The van der Waals surface area contributed by atoms with Gasteiger partial charge in [-0.05, 0) is 172 Å².